The molecule has 1 unspecified atom stereocenters. The summed E-state index contributed by atoms with van der Waals surface area (Å²) in [5.41, 5.74) is 3.51. The highest BCUT2D eigenvalue weighted by atomic mass is 19.1. The molecule has 0 bridgehead atoms. The van der Waals surface area contributed by atoms with Crippen molar-refractivity contribution >= 4 is 22.6 Å². The molecule has 36 heavy (non-hydrogen) atoms. The van der Waals surface area contributed by atoms with Crippen LogP contribution in [-0.2, 0) is 6.61 Å². The first-order valence-electron chi connectivity index (χ1n) is 11.5. The Hall–Kier alpha value is -4.18. The Labute approximate surface area is 207 Å². The lowest BCUT2D eigenvalue weighted by Crippen LogP contribution is -2.20. The van der Waals surface area contributed by atoms with E-state index in [4.69, 9.17) is 4.74 Å². The molecule has 4 rings (SSSR count). The van der Waals surface area contributed by atoms with Gasteiger partial charge in [0, 0.05) is 42.4 Å². The van der Waals surface area contributed by atoms with Gasteiger partial charge in [0.1, 0.15) is 12.1 Å². The van der Waals surface area contributed by atoms with Crippen molar-refractivity contribution in [1.82, 2.24) is 25.3 Å². The summed E-state index contributed by atoms with van der Waals surface area (Å²) < 4.78 is 19.5. The minimum Gasteiger partial charge on any atom is -0.481 e. The Bertz CT molecular complexity index is 1400. The van der Waals surface area contributed by atoms with E-state index in [0.29, 0.717) is 40.4 Å². The van der Waals surface area contributed by atoms with Gasteiger partial charge in [0.15, 0.2) is 5.82 Å². The zero-order valence-corrected chi connectivity index (χ0v) is 20.2. The summed E-state index contributed by atoms with van der Waals surface area (Å²) in [5, 5.41) is 15.9. The van der Waals surface area contributed by atoms with Crippen molar-refractivity contribution in [1.29, 1.82) is 0 Å². The molecule has 9 nitrogen and oxygen atoms in total. The van der Waals surface area contributed by atoms with E-state index in [1.807, 2.05) is 18.2 Å². The molecule has 0 aliphatic rings. The number of amides is 1. The van der Waals surface area contributed by atoms with Gasteiger partial charge in [0.05, 0.1) is 36.7 Å². The van der Waals surface area contributed by atoms with Crippen LogP contribution in [0.15, 0.2) is 49.1 Å². The summed E-state index contributed by atoms with van der Waals surface area (Å²) in [6.07, 6.45) is 4.94. The minimum atomic E-state index is -0.647. The van der Waals surface area contributed by atoms with Gasteiger partial charge in [-0.2, -0.15) is 0 Å². The number of anilines is 1. The molecule has 0 saturated carbocycles. The average molecular weight is 491 g/mol. The lowest BCUT2D eigenvalue weighted by atomic mass is 9.93. The van der Waals surface area contributed by atoms with Gasteiger partial charge in [-0.3, -0.25) is 9.78 Å². The first kappa shape index (κ1) is 24.9. The van der Waals surface area contributed by atoms with Crippen LogP contribution in [0.5, 0.6) is 5.88 Å². The number of fused-ring (bicyclic) bond motifs is 1. The third-order valence-corrected chi connectivity index (χ3v) is 6.00. The number of carbonyl (C=O) groups is 1. The largest absolute Gasteiger partial charge is 0.481 e. The van der Waals surface area contributed by atoms with Gasteiger partial charge in [-0.1, -0.05) is 25.1 Å². The molecule has 0 fully saturated rings. The van der Waals surface area contributed by atoms with Crippen LogP contribution in [0.4, 0.5) is 10.2 Å². The topological polar surface area (TPSA) is 122 Å². The molecule has 1 amide bonds. The second-order valence-electron chi connectivity index (χ2n) is 8.26. The Morgan fingerprint density at radius 3 is 2.75 bits per heavy atom. The normalized spacial score (nSPS) is 11.8. The summed E-state index contributed by atoms with van der Waals surface area (Å²) in [4.78, 5) is 29.4. The van der Waals surface area contributed by atoms with Gasteiger partial charge in [-0.15, -0.1) is 0 Å². The second kappa shape index (κ2) is 11.0. The molecule has 3 aromatic heterocycles. The molecule has 10 heteroatoms. The maximum Gasteiger partial charge on any atom is 0.254 e. The lowest BCUT2D eigenvalue weighted by Gasteiger charge is -2.16. The van der Waals surface area contributed by atoms with Crippen LogP contribution in [0.1, 0.15) is 40.7 Å². The van der Waals surface area contributed by atoms with Crippen LogP contribution in [0, 0.1) is 5.82 Å². The number of aliphatic hydroxyl groups excluding tert-OH is 1. The van der Waals surface area contributed by atoms with Gasteiger partial charge < -0.3 is 20.5 Å². The fourth-order valence-electron chi connectivity index (χ4n) is 4.09. The Kier molecular flexibility index (Phi) is 7.65. The van der Waals surface area contributed by atoms with Crippen molar-refractivity contribution in [3.8, 4) is 17.1 Å². The van der Waals surface area contributed by atoms with Gasteiger partial charge >= 0.3 is 0 Å². The highest BCUT2D eigenvalue weighted by molar-refractivity contribution is 6.06. The smallest absolute Gasteiger partial charge is 0.254 e. The SMILES string of the molecule is CNC(=O)c1c(F)cnc2c(C(C)CCNc3cc(-c4cnc(OC)c(CO)c4)ncn3)cccc12. The van der Waals surface area contributed by atoms with E-state index < -0.39 is 11.7 Å². The molecule has 0 saturated heterocycles. The number of benzene rings is 1. The number of aromatic nitrogens is 4. The Balaban J connectivity index is 1.49. The van der Waals surface area contributed by atoms with Gasteiger partial charge in [0.2, 0.25) is 5.88 Å². The first-order valence-corrected chi connectivity index (χ1v) is 11.5. The van der Waals surface area contributed by atoms with Crippen LogP contribution in [0.3, 0.4) is 0 Å². The molecule has 0 aliphatic carbocycles. The zero-order chi connectivity index (χ0) is 25.7. The van der Waals surface area contributed by atoms with Crippen LogP contribution in [0.25, 0.3) is 22.2 Å². The van der Waals surface area contributed by atoms with E-state index in [-0.39, 0.29) is 18.1 Å². The fourth-order valence-corrected chi connectivity index (χ4v) is 4.09. The van der Waals surface area contributed by atoms with Crippen molar-refractivity contribution in [3.05, 3.63) is 71.6 Å². The number of aliphatic hydroxyl groups is 1. The van der Waals surface area contributed by atoms with Gasteiger partial charge in [-0.05, 0) is 24.0 Å². The van der Waals surface area contributed by atoms with Crippen LogP contribution in [-0.4, -0.2) is 51.7 Å². The predicted octanol–water partition coefficient (Wildman–Crippen LogP) is 3.69. The van der Waals surface area contributed by atoms with Crippen molar-refractivity contribution < 1.29 is 19.0 Å². The summed E-state index contributed by atoms with van der Waals surface area (Å²) >= 11 is 0. The maximum atomic E-state index is 14.3. The van der Waals surface area contributed by atoms with E-state index in [9.17, 15) is 14.3 Å². The third-order valence-electron chi connectivity index (χ3n) is 6.00. The molecule has 3 N–H and O–H groups in total. The second-order valence-corrected chi connectivity index (χ2v) is 8.26. The van der Waals surface area contributed by atoms with Crippen LogP contribution in [0.2, 0.25) is 0 Å². The number of hydrogen-bond acceptors (Lipinski definition) is 8. The monoisotopic (exact) mass is 490 g/mol. The fraction of sp³-hybridized carbons (Fsp3) is 0.269. The molecule has 1 atom stereocenters. The van der Waals surface area contributed by atoms with Crippen LogP contribution >= 0.6 is 0 Å². The predicted molar refractivity (Wildman–Crippen MR) is 134 cm³/mol. The molecule has 0 aliphatic heterocycles. The number of methoxy groups -OCH3 is 1. The lowest BCUT2D eigenvalue weighted by molar-refractivity contribution is 0.0960. The van der Waals surface area contributed by atoms with Crippen molar-refractivity contribution in [2.75, 3.05) is 26.0 Å². The Morgan fingerprint density at radius 1 is 1.17 bits per heavy atom. The third kappa shape index (κ3) is 5.08. The summed E-state index contributed by atoms with van der Waals surface area (Å²) in [6.45, 7) is 2.48. The average Bonchev–Trinajstić information content (AvgIpc) is 2.91. The molecule has 1 aromatic carbocycles. The minimum absolute atomic E-state index is 0.000525. The summed E-state index contributed by atoms with van der Waals surface area (Å²) in [5.74, 6) is -0.0320. The molecular formula is C26H27FN6O3. The number of para-hydroxylation sites is 1. The van der Waals surface area contributed by atoms with E-state index in [2.05, 4.69) is 37.5 Å². The number of carbonyl (C=O) groups excluding carboxylic acids is 1. The number of ether oxygens (including phenoxy) is 1. The van der Waals surface area contributed by atoms with Gasteiger partial charge in [0.25, 0.3) is 5.91 Å². The summed E-state index contributed by atoms with van der Waals surface area (Å²) in [7, 11) is 2.98. The number of halogens is 1. The standard InChI is InChI=1S/C26H27FN6O3/c1-15(18-5-4-6-19-23(25(35)28-2)20(27)12-30-24(18)19)7-8-29-22-10-21(32-14-33-22)16-9-17(13-34)26(36-3)31-11-16/h4-6,9-12,14-15,34H,7-8,13H2,1-3H3,(H,28,35)(H,29,32,33). The summed E-state index contributed by atoms with van der Waals surface area (Å²) in [6, 6.07) is 9.07. The molecular weight excluding hydrogens is 463 g/mol. The molecule has 186 valence electrons. The quantitative estimate of drug-likeness (QED) is 0.325. The van der Waals surface area contributed by atoms with Crippen molar-refractivity contribution in [2.24, 2.45) is 0 Å². The van der Waals surface area contributed by atoms with Crippen LogP contribution < -0.4 is 15.4 Å². The van der Waals surface area contributed by atoms with Crippen molar-refractivity contribution in [3.63, 3.8) is 0 Å². The number of hydrogen-bond donors (Lipinski definition) is 3. The number of rotatable bonds is 9. The molecule has 0 radical (unpaired) electrons. The van der Waals surface area contributed by atoms with Gasteiger partial charge in [-0.25, -0.2) is 19.3 Å². The van der Waals surface area contributed by atoms with E-state index >= 15 is 0 Å². The zero-order valence-electron chi connectivity index (χ0n) is 20.2. The van der Waals surface area contributed by atoms with E-state index in [0.717, 1.165) is 23.7 Å². The highest BCUT2D eigenvalue weighted by Gasteiger charge is 2.19. The Morgan fingerprint density at radius 2 is 2.00 bits per heavy atom. The first-order chi connectivity index (χ1) is 17.5. The maximum absolute atomic E-state index is 14.3. The molecule has 3 heterocycles. The molecule has 4 aromatic rings. The highest BCUT2D eigenvalue weighted by Crippen LogP contribution is 2.29. The molecule has 0 spiro atoms. The number of nitrogens with one attached hydrogen (secondary N) is 2. The van der Waals surface area contributed by atoms with Crippen molar-refractivity contribution in [2.45, 2.75) is 25.9 Å². The van der Waals surface area contributed by atoms with E-state index in [1.54, 1.807) is 18.3 Å². The number of pyridine rings is 2. The van der Waals surface area contributed by atoms with E-state index in [1.165, 1.54) is 20.5 Å². The number of nitrogens with zero attached hydrogens (tertiary/aromatic N) is 4.